The minimum atomic E-state index is 0.425. The van der Waals surface area contributed by atoms with Gasteiger partial charge in [0.2, 0.25) is 0 Å². The molecular weight excluding hydrogens is 208 g/mol. The van der Waals surface area contributed by atoms with Gasteiger partial charge in [-0.2, -0.15) is 0 Å². The number of nitrogens with two attached hydrogens (primary N) is 1. The molecule has 2 nitrogen and oxygen atoms in total. The molecule has 3 atom stereocenters. The molecule has 0 aromatic heterocycles. The fourth-order valence-electron chi connectivity index (χ4n) is 3.20. The molecule has 0 bridgehead atoms. The van der Waals surface area contributed by atoms with E-state index in [0.29, 0.717) is 6.04 Å². The van der Waals surface area contributed by atoms with E-state index in [0.717, 1.165) is 18.3 Å². The minimum Gasteiger partial charge on any atom is -0.271 e. The van der Waals surface area contributed by atoms with E-state index in [-0.39, 0.29) is 0 Å². The van der Waals surface area contributed by atoms with E-state index >= 15 is 0 Å². The van der Waals surface area contributed by atoms with E-state index in [1.54, 1.807) is 0 Å². The Labute approximate surface area is 105 Å². The quantitative estimate of drug-likeness (QED) is 0.619. The number of nitrogens with one attached hydrogen (secondary N) is 1. The first-order chi connectivity index (χ1) is 8.20. The standard InChI is InChI=1S/C15H24N2/c1-11-5-3-7-13(9-11)10-15(17-16)14-8-4-6-12(14)2/h3,5,7,9,12,14-15,17H,4,6,8,10,16H2,1-2H3. The van der Waals surface area contributed by atoms with Crippen LogP contribution in [0.15, 0.2) is 24.3 Å². The Bertz CT molecular complexity index is 362. The van der Waals surface area contributed by atoms with Gasteiger partial charge in [-0.25, -0.2) is 0 Å². The van der Waals surface area contributed by atoms with Crippen LogP contribution >= 0.6 is 0 Å². The molecule has 2 heteroatoms. The van der Waals surface area contributed by atoms with Gasteiger partial charge in [0.1, 0.15) is 0 Å². The van der Waals surface area contributed by atoms with Crippen LogP contribution in [0.2, 0.25) is 0 Å². The van der Waals surface area contributed by atoms with Gasteiger partial charge in [-0.15, -0.1) is 0 Å². The number of aryl methyl sites for hydroxylation is 1. The Morgan fingerprint density at radius 2 is 2.24 bits per heavy atom. The van der Waals surface area contributed by atoms with Gasteiger partial charge in [-0.1, -0.05) is 49.6 Å². The monoisotopic (exact) mass is 232 g/mol. The van der Waals surface area contributed by atoms with Crippen LogP contribution in [-0.4, -0.2) is 6.04 Å². The summed E-state index contributed by atoms with van der Waals surface area (Å²) in [5.41, 5.74) is 5.77. The van der Waals surface area contributed by atoms with Crippen LogP contribution in [0.25, 0.3) is 0 Å². The Balaban J connectivity index is 2.04. The number of benzene rings is 1. The molecule has 1 fully saturated rings. The van der Waals surface area contributed by atoms with Crippen LogP contribution < -0.4 is 11.3 Å². The van der Waals surface area contributed by atoms with Crippen molar-refractivity contribution in [2.45, 2.75) is 45.6 Å². The van der Waals surface area contributed by atoms with Gasteiger partial charge in [0.25, 0.3) is 0 Å². The van der Waals surface area contributed by atoms with E-state index in [1.807, 2.05) is 0 Å². The van der Waals surface area contributed by atoms with Crippen molar-refractivity contribution in [2.24, 2.45) is 17.7 Å². The van der Waals surface area contributed by atoms with Gasteiger partial charge in [-0.05, 0) is 37.2 Å². The summed E-state index contributed by atoms with van der Waals surface area (Å²) in [6.45, 7) is 4.50. The van der Waals surface area contributed by atoms with Crippen LogP contribution in [0.3, 0.4) is 0 Å². The molecule has 0 aliphatic heterocycles. The summed E-state index contributed by atoms with van der Waals surface area (Å²) in [7, 11) is 0. The van der Waals surface area contributed by atoms with E-state index in [2.05, 4.69) is 43.5 Å². The lowest BCUT2D eigenvalue weighted by Gasteiger charge is -2.26. The second kappa shape index (κ2) is 5.65. The van der Waals surface area contributed by atoms with Gasteiger partial charge in [-0.3, -0.25) is 11.3 Å². The van der Waals surface area contributed by atoms with Crippen LogP contribution in [0.5, 0.6) is 0 Å². The maximum Gasteiger partial charge on any atom is 0.0281 e. The molecular formula is C15H24N2. The summed E-state index contributed by atoms with van der Waals surface area (Å²) in [5, 5.41) is 0. The largest absolute Gasteiger partial charge is 0.271 e. The van der Waals surface area contributed by atoms with E-state index in [9.17, 15) is 0 Å². The number of hydrogen-bond acceptors (Lipinski definition) is 2. The molecule has 3 N–H and O–H groups in total. The fraction of sp³-hybridized carbons (Fsp3) is 0.600. The van der Waals surface area contributed by atoms with Crippen LogP contribution in [0.1, 0.15) is 37.3 Å². The third-order valence-electron chi connectivity index (χ3n) is 4.20. The highest BCUT2D eigenvalue weighted by Crippen LogP contribution is 2.34. The lowest BCUT2D eigenvalue weighted by atomic mass is 9.86. The first-order valence-corrected chi connectivity index (χ1v) is 6.72. The molecule has 1 saturated carbocycles. The molecule has 1 aliphatic rings. The van der Waals surface area contributed by atoms with Gasteiger partial charge in [0.15, 0.2) is 0 Å². The lowest BCUT2D eigenvalue weighted by Crippen LogP contribution is -2.43. The molecule has 0 amide bonds. The Morgan fingerprint density at radius 1 is 1.41 bits per heavy atom. The Kier molecular flexibility index (Phi) is 4.19. The zero-order chi connectivity index (χ0) is 12.3. The van der Waals surface area contributed by atoms with Crippen molar-refractivity contribution in [1.29, 1.82) is 0 Å². The zero-order valence-electron chi connectivity index (χ0n) is 10.9. The Hall–Kier alpha value is -0.860. The minimum absolute atomic E-state index is 0.425. The molecule has 0 saturated heterocycles. The average molecular weight is 232 g/mol. The smallest absolute Gasteiger partial charge is 0.0281 e. The van der Waals surface area contributed by atoms with Crippen molar-refractivity contribution < 1.29 is 0 Å². The topological polar surface area (TPSA) is 38.0 Å². The number of hydrogen-bond donors (Lipinski definition) is 2. The fourth-order valence-corrected chi connectivity index (χ4v) is 3.20. The predicted octanol–water partition coefficient (Wildman–Crippen LogP) is 2.81. The van der Waals surface area contributed by atoms with Gasteiger partial charge in [0.05, 0.1) is 0 Å². The predicted molar refractivity (Wildman–Crippen MR) is 72.5 cm³/mol. The normalized spacial score (nSPS) is 26.1. The van der Waals surface area contributed by atoms with E-state index in [4.69, 9.17) is 5.84 Å². The maximum absolute atomic E-state index is 5.75. The zero-order valence-corrected chi connectivity index (χ0v) is 10.9. The van der Waals surface area contributed by atoms with Crippen molar-refractivity contribution in [1.82, 2.24) is 5.43 Å². The molecule has 94 valence electrons. The molecule has 0 radical (unpaired) electrons. The summed E-state index contributed by atoms with van der Waals surface area (Å²) < 4.78 is 0. The van der Waals surface area contributed by atoms with Gasteiger partial charge in [0, 0.05) is 6.04 Å². The molecule has 17 heavy (non-hydrogen) atoms. The van der Waals surface area contributed by atoms with Crippen molar-refractivity contribution >= 4 is 0 Å². The molecule has 0 spiro atoms. The Morgan fingerprint density at radius 3 is 2.82 bits per heavy atom. The highest BCUT2D eigenvalue weighted by Gasteiger charge is 2.30. The molecule has 1 aromatic rings. The third-order valence-corrected chi connectivity index (χ3v) is 4.20. The first-order valence-electron chi connectivity index (χ1n) is 6.72. The second-order valence-corrected chi connectivity index (χ2v) is 5.54. The number of rotatable bonds is 4. The summed E-state index contributed by atoms with van der Waals surface area (Å²) >= 11 is 0. The van der Waals surface area contributed by atoms with Crippen LogP contribution in [0, 0.1) is 18.8 Å². The van der Waals surface area contributed by atoms with Crippen LogP contribution in [0.4, 0.5) is 0 Å². The van der Waals surface area contributed by atoms with Crippen molar-refractivity contribution in [3.05, 3.63) is 35.4 Å². The van der Waals surface area contributed by atoms with Crippen molar-refractivity contribution in [2.75, 3.05) is 0 Å². The molecule has 1 aromatic carbocycles. The average Bonchev–Trinajstić information content (AvgIpc) is 2.72. The molecule has 1 aliphatic carbocycles. The van der Waals surface area contributed by atoms with Crippen molar-refractivity contribution in [3.63, 3.8) is 0 Å². The van der Waals surface area contributed by atoms with E-state index < -0.39 is 0 Å². The lowest BCUT2D eigenvalue weighted by molar-refractivity contribution is 0.297. The number of hydrazine groups is 1. The third kappa shape index (κ3) is 3.08. The van der Waals surface area contributed by atoms with Gasteiger partial charge < -0.3 is 0 Å². The first kappa shape index (κ1) is 12.6. The van der Waals surface area contributed by atoms with Crippen LogP contribution in [-0.2, 0) is 6.42 Å². The highest BCUT2D eigenvalue weighted by molar-refractivity contribution is 5.23. The summed E-state index contributed by atoms with van der Waals surface area (Å²) in [4.78, 5) is 0. The molecule has 3 unspecified atom stereocenters. The SMILES string of the molecule is Cc1cccc(CC(NN)C2CCCC2C)c1. The molecule has 2 rings (SSSR count). The summed E-state index contributed by atoms with van der Waals surface area (Å²) in [6.07, 6.45) is 5.09. The second-order valence-electron chi connectivity index (χ2n) is 5.54. The summed E-state index contributed by atoms with van der Waals surface area (Å²) in [5.74, 6) is 7.29. The maximum atomic E-state index is 5.75. The highest BCUT2D eigenvalue weighted by atomic mass is 15.2. The van der Waals surface area contributed by atoms with Gasteiger partial charge >= 0.3 is 0 Å². The van der Waals surface area contributed by atoms with E-state index in [1.165, 1.54) is 30.4 Å². The molecule has 0 heterocycles. The van der Waals surface area contributed by atoms with Crippen molar-refractivity contribution in [3.8, 4) is 0 Å². The summed E-state index contributed by atoms with van der Waals surface area (Å²) in [6, 6.07) is 9.18.